The van der Waals surface area contributed by atoms with E-state index in [0.717, 1.165) is 16.9 Å². The minimum absolute atomic E-state index is 0.000882. The second kappa shape index (κ2) is 11.9. The summed E-state index contributed by atoms with van der Waals surface area (Å²) in [5.74, 6) is -0.546. The zero-order chi connectivity index (χ0) is 29.2. The third-order valence-electron chi connectivity index (χ3n) is 6.84. The van der Waals surface area contributed by atoms with Gasteiger partial charge in [-0.3, -0.25) is 9.52 Å². The van der Waals surface area contributed by atoms with Crippen LogP contribution in [0.4, 0.5) is 5.69 Å². The molecular weight excluding hydrogens is 575 g/mol. The van der Waals surface area contributed by atoms with Crippen LogP contribution in [0, 0.1) is 12.8 Å². The minimum atomic E-state index is -3.86. The van der Waals surface area contributed by atoms with E-state index in [0.29, 0.717) is 0 Å². The van der Waals surface area contributed by atoms with Crippen LogP contribution < -0.4 is 9.46 Å². The van der Waals surface area contributed by atoms with E-state index >= 15 is 0 Å². The molecule has 1 aliphatic heterocycles. The fourth-order valence-corrected chi connectivity index (χ4v) is 7.59. The first kappa shape index (κ1) is 30.0. The Kier molecular flexibility index (Phi) is 8.90. The summed E-state index contributed by atoms with van der Waals surface area (Å²) in [5.41, 5.74) is 1.22. The first-order valence-corrected chi connectivity index (χ1v) is 16.5. The van der Waals surface area contributed by atoms with Gasteiger partial charge in [0.1, 0.15) is 16.1 Å². The first-order chi connectivity index (χ1) is 18.8. The van der Waals surface area contributed by atoms with E-state index < -0.39 is 38.1 Å². The number of rotatable bonds is 9. The van der Waals surface area contributed by atoms with Crippen LogP contribution in [0.5, 0.6) is 5.75 Å². The monoisotopic (exact) mass is 607 g/mol. The number of aliphatic hydroxyl groups excluding tert-OH is 1. The van der Waals surface area contributed by atoms with Crippen LogP contribution in [-0.4, -0.2) is 75.9 Å². The number of ether oxygens (including phenoxy) is 1. The Balaban J connectivity index is 1.68. The normalized spacial score (nSPS) is 18.9. The molecule has 0 radical (unpaired) electrons. The highest BCUT2D eigenvalue weighted by Crippen LogP contribution is 2.32. The van der Waals surface area contributed by atoms with Crippen molar-refractivity contribution in [3.8, 4) is 5.75 Å². The van der Waals surface area contributed by atoms with Gasteiger partial charge in [0.05, 0.1) is 29.7 Å². The number of aliphatic hydroxyl groups is 1. The molecule has 40 heavy (non-hydrogen) atoms. The number of carbonyl (C=O) groups is 1. The second-order valence-corrected chi connectivity index (χ2v) is 14.9. The van der Waals surface area contributed by atoms with Crippen molar-refractivity contribution in [2.45, 2.75) is 42.0 Å². The highest BCUT2D eigenvalue weighted by atomic mass is 32.2. The van der Waals surface area contributed by atoms with E-state index in [2.05, 4.69) is 4.72 Å². The molecule has 1 aromatic heterocycles. The van der Waals surface area contributed by atoms with Gasteiger partial charge in [-0.05, 0) is 55.6 Å². The number of nitrogens with one attached hydrogen (secondary N) is 1. The summed E-state index contributed by atoms with van der Waals surface area (Å²) < 4.78 is 62.2. The van der Waals surface area contributed by atoms with Crippen molar-refractivity contribution in [3.63, 3.8) is 0 Å². The molecule has 0 fully saturated rings. The maximum absolute atomic E-state index is 13.6. The molecule has 4 rings (SSSR count). The predicted molar refractivity (Wildman–Crippen MR) is 154 cm³/mol. The molecule has 2 aromatic carbocycles. The summed E-state index contributed by atoms with van der Waals surface area (Å²) in [5, 5.41) is 11.5. The highest BCUT2D eigenvalue weighted by molar-refractivity contribution is 7.94. The van der Waals surface area contributed by atoms with Gasteiger partial charge in [0, 0.05) is 25.2 Å². The number of sulfonamides is 2. The molecule has 0 bridgehead atoms. The maximum Gasteiger partial charge on any atom is 0.271 e. The number of benzene rings is 2. The van der Waals surface area contributed by atoms with Crippen molar-refractivity contribution in [2.24, 2.45) is 5.92 Å². The minimum Gasteiger partial charge on any atom is -0.488 e. The third kappa shape index (κ3) is 6.33. The SMILES string of the molecule is Cc1ccc(S(=O)(=O)N(C)C[C@@H]2Oc3ccc(NS(=O)(=O)c4cccs4)cc3C(=O)N([C@@H](C)CO)C[C@@H]2C)cc1. The van der Waals surface area contributed by atoms with Crippen LogP contribution in [0.1, 0.15) is 29.8 Å². The summed E-state index contributed by atoms with van der Waals surface area (Å²) in [6, 6.07) is 13.5. The molecule has 13 heteroatoms. The van der Waals surface area contributed by atoms with Crippen LogP contribution in [0.3, 0.4) is 0 Å². The number of amides is 1. The fourth-order valence-electron chi connectivity index (χ4n) is 4.37. The molecule has 1 amide bonds. The molecule has 1 aliphatic rings. The molecule has 2 heterocycles. The Hall–Kier alpha value is -2.97. The lowest BCUT2D eigenvalue weighted by Gasteiger charge is -2.38. The molecular formula is C27H33N3O7S3. The van der Waals surface area contributed by atoms with Gasteiger partial charge in [0.2, 0.25) is 10.0 Å². The summed E-state index contributed by atoms with van der Waals surface area (Å²) in [6.07, 6.45) is -0.654. The molecule has 3 atom stereocenters. The number of hydrogen-bond acceptors (Lipinski definition) is 8. The van der Waals surface area contributed by atoms with E-state index in [-0.39, 0.29) is 51.7 Å². The van der Waals surface area contributed by atoms with Crippen LogP contribution in [-0.2, 0) is 20.0 Å². The molecule has 3 aromatic rings. The molecule has 0 unspecified atom stereocenters. The lowest BCUT2D eigenvalue weighted by Crippen LogP contribution is -2.50. The molecule has 0 aliphatic carbocycles. The van der Waals surface area contributed by atoms with Crippen molar-refractivity contribution in [2.75, 3.05) is 31.5 Å². The second-order valence-electron chi connectivity index (χ2n) is 9.97. The number of nitrogens with zero attached hydrogens (tertiary/aromatic N) is 2. The zero-order valence-electron chi connectivity index (χ0n) is 22.6. The Bertz CT molecular complexity index is 1560. The number of anilines is 1. The van der Waals surface area contributed by atoms with Gasteiger partial charge in [-0.15, -0.1) is 11.3 Å². The van der Waals surface area contributed by atoms with Crippen LogP contribution >= 0.6 is 11.3 Å². The lowest BCUT2D eigenvalue weighted by molar-refractivity contribution is 0.0387. The van der Waals surface area contributed by atoms with Crippen molar-refractivity contribution in [1.82, 2.24) is 9.21 Å². The summed E-state index contributed by atoms with van der Waals surface area (Å²) >= 11 is 1.07. The maximum atomic E-state index is 13.6. The lowest BCUT2D eigenvalue weighted by atomic mass is 9.99. The quantitative estimate of drug-likeness (QED) is 0.381. The van der Waals surface area contributed by atoms with Crippen molar-refractivity contribution in [3.05, 3.63) is 71.1 Å². The average molecular weight is 608 g/mol. The number of hydrogen-bond donors (Lipinski definition) is 2. The average Bonchev–Trinajstić information content (AvgIpc) is 3.47. The Labute approximate surface area is 239 Å². The molecule has 0 saturated carbocycles. The zero-order valence-corrected chi connectivity index (χ0v) is 25.1. The topological polar surface area (TPSA) is 133 Å². The molecule has 216 valence electrons. The number of fused-ring (bicyclic) bond motifs is 1. The van der Waals surface area contributed by atoms with Gasteiger partial charge in [-0.2, -0.15) is 4.31 Å². The third-order valence-corrected chi connectivity index (χ3v) is 11.5. The van der Waals surface area contributed by atoms with Crippen molar-refractivity contribution < 1.29 is 31.5 Å². The summed E-state index contributed by atoms with van der Waals surface area (Å²) in [6.45, 7) is 5.34. The van der Waals surface area contributed by atoms with Gasteiger partial charge in [-0.1, -0.05) is 30.7 Å². The number of aryl methyl sites for hydroxylation is 1. The Morgan fingerprint density at radius 1 is 1.15 bits per heavy atom. The standard InChI is InChI=1S/C27H33N3O7S3/c1-18-7-10-22(11-8-18)40(35,36)29(4)16-25-19(2)15-30(20(3)17-31)27(32)23-14-21(9-12-24(23)37-25)28-39(33,34)26-6-5-13-38-26/h5-14,19-20,25,28,31H,15-17H2,1-4H3/t19-,20-,25-/m0/s1. The summed E-state index contributed by atoms with van der Waals surface area (Å²) in [7, 11) is -6.19. The predicted octanol–water partition coefficient (Wildman–Crippen LogP) is 3.40. The van der Waals surface area contributed by atoms with Crippen molar-refractivity contribution in [1.29, 1.82) is 0 Å². The highest BCUT2D eigenvalue weighted by Gasteiger charge is 2.35. The van der Waals surface area contributed by atoms with E-state index in [1.165, 1.54) is 40.5 Å². The van der Waals surface area contributed by atoms with Gasteiger partial charge in [0.15, 0.2) is 0 Å². The van der Waals surface area contributed by atoms with E-state index in [1.54, 1.807) is 42.6 Å². The Morgan fingerprint density at radius 3 is 2.48 bits per heavy atom. The van der Waals surface area contributed by atoms with Gasteiger partial charge < -0.3 is 14.7 Å². The first-order valence-electron chi connectivity index (χ1n) is 12.7. The number of likely N-dealkylation sites (N-methyl/N-ethyl adjacent to an activating group) is 1. The van der Waals surface area contributed by atoms with Crippen LogP contribution in [0.25, 0.3) is 0 Å². The molecule has 2 N–H and O–H groups in total. The van der Waals surface area contributed by atoms with Gasteiger partial charge in [0.25, 0.3) is 15.9 Å². The van der Waals surface area contributed by atoms with E-state index in [9.17, 15) is 26.7 Å². The molecule has 10 nitrogen and oxygen atoms in total. The largest absolute Gasteiger partial charge is 0.488 e. The van der Waals surface area contributed by atoms with Crippen LogP contribution in [0.15, 0.2) is 69.1 Å². The number of thiophene rings is 1. The van der Waals surface area contributed by atoms with E-state index in [4.69, 9.17) is 4.74 Å². The molecule has 0 spiro atoms. The van der Waals surface area contributed by atoms with Gasteiger partial charge >= 0.3 is 0 Å². The summed E-state index contributed by atoms with van der Waals surface area (Å²) in [4.78, 5) is 15.3. The molecule has 0 saturated heterocycles. The smallest absolute Gasteiger partial charge is 0.271 e. The van der Waals surface area contributed by atoms with Gasteiger partial charge in [-0.25, -0.2) is 16.8 Å². The fraction of sp³-hybridized carbons (Fsp3) is 0.370. The van der Waals surface area contributed by atoms with E-state index in [1.807, 2.05) is 13.8 Å². The number of carbonyl (C=O) groups excluding carboxylic acids is 1. The Morgan fingerprint density at radius 2 is 1.85 bits per heavy atom. The van der Waals surface area contributed by atoms with Crippen molar-refractivity contribution >= 4 is 43.0 Å². The van der Waals surface area contributed by atoms with Crippen LogP contribution in [0.2, 0.25) is 0 Å².